The molecule has 0 saturated heterocycles. The predicted octanol–water partition coefficient (Wildman–Crippen LogP) is 5.85. The van der Waals surface area contributed by atoms with E-state index in [1.165, 1.54) is 19.2 Å². The molecule has 0 bridgehead atoms. The van der Waals surface area contributed by atoms with Crippen LogP contribution in [0.3, 0.4) is 0 Å². The smallest absolute Gasteiger partial charge is 0.343 e. The van der Waals surface area contributed by atoms with Crippen molar-refractivity contribution < 1.29 is 23.8 Å². The Morgan fingerprint density at radius 3 is 2.26 bits per heavy atom. The fourth-order valence-electron chi connectivity index (χ4n) is 2.65. The minimum Gasteiger partial charge on any atom is -0.493 e. The number of rotatable bonds is 9. The first kappa shape index (κ1) is 23.7. The second kappa shape index (κ2) is 11.6. The molecule has 5 heteroatoms. The summed E-state index contributed by atoms with van der Waals surface area (Å²) in [6, 6.07) is 11.8. The van der Waals surface area contributed by atoms with Gasteiger partial charge in [0.2, 0.25) is 0 Å². The van der Waals surface area contributed by atoms with Crippen molar-refractivity contribution in [3.63, 3.8) is 0 Å². The summed E-state index contributed by atoms with van der Waals surface area (Å²) in [4.78, 5) is 24.8. The Balaban J connectivity index is 2.12. The summed E-state index contributed by atoms with van der Waals surface area (Å²) in [7, 11) is 1.45. The highest BCUT2D eigenvalue weighted by atomic mass is 16.6. The maximum absolute atomic E-state index is 12.4. The van der Waals surface area contributed by atoms with Gasteiger partial charge in [0.05, 0.1) is 12.7 Å². The summed E-state index contributed by atoms with van der Waals surface area (Å²) in [5.41, 5.74) is 3.03. The van der Waals surface area contributed by atoms with Gasteiger partial charge in [0.25, 0.3) is 0 Å². The van der Waals surface area contributed by atoms with Crippen molar-refractivity contribution in [3.05, 3.63) is 89.5 Å². The van der Waals surface area contributed by atoms with Gasteiger partial charge in [-0.05, 0) is 55.2 Å². The van der Waals surface area contributed by atoms with E-state index < -0.39 is 11.9 Å². The van der Waals surface area contributed by atoms with E-state index in [1.54, 1.807) is 37.3 Å². The van der Waals surface area contributed by atoms with Gasteiger partial charge in [-0.15, -0.1) is 0 Å². The molecule has 0 aliphatic carbocycles. The zero-order chi connectivity index (χ0) is 22.8. The lowest BCUT2D eigenvalue weighted by atomic mass is 10.1. The molecule has 0 aromatic heterocycles. The third-order valence-electron chi connectivity index (χ3n) is 4.69. The molecular formula is C26H28O5. The third-order valence-corrected chi connectivity index (χ3v) is 4.69. The summed E-state index contributed by atoms with van der Waals surface area (Å²) in [6.07, 6.45) is 6.99. The van der Waals surface area contributed by atoms with Crippen molar-refractivity contribution in [1.82, 2.24) is 0 Å². The maximum Gasteiger partial charge on any atom is 0.343 e. The molecule has 0 fully saturated rings. The van der Waals surface area contributed by atoms with E-state index in [0.717, 1.165) is 24.0 Å². The van der Waals surface area contributed by atoms with E-state index in [1.807, 2.05) is 32.1 Å². The number of allylic oxidation sites excluding steroid dienone is 4. The van der Waals surface area contributed by atoms with Crippen molar-refractivity contribution in [2.45, 2.75) is 33.6 Å². The zero-order valence-electron chi connectivity index (χ0n) is 18.4. The van der Waals surface area contributed by atoms with E-state index in [2.05, 4.69) is 6.58 Å². The number of hydrogen-bond donors (Lipinski definition) is 0. The van der Waals surface area contributed by atoms with E-state index in [4.69, 9.17) is 14.2 Å². The van der Waals surface area contributed by atoms with Crippen LogP contribution in [0.2, 0.25) is 0 Å². The van der Waals surface area contributed by atoms with E-state index >= 15 is 0 Å². The fraction of sp³-hybridized carbons (Fsp3) is 0.231. The van der Waals surface area contributed by atoms with Crippen LogP contribution in [-0.2, 0) is 11.2 Å². The molecule has 0 atom stereocenters. The van der Waals surface area contributed by atoms with Gasteiger partial charge in [0, 0.05) is 11.6 Å². The van der Waals surface area contributed by atoms with Gasteiger partial charge in [-0.25, -0.2) is 9.59 Å². The van der Waals surface area contributed by atoms with Gasteiger partial charge in [0.1, 0.15) is 5.75 Å². The molecule has 0 amide bonds. The number of benzene rings is 2. The van der Waals surface area contributed by atoms with E-state index in [9.17, 15) is 9.59 Å². The maximum atomic E-state index is 12.4. The van der Waals surface area contributed by atoms with Crippen LogP contribution < -0.4 is 14.2 Å². The average Bonchev–Trinajstić information content (AvgIpc) is 2.80. The zero-order valence-corrected chi connectivity index (χ0v) is 18.4. The molecule has 0 radical (unpaired) electrons. The monoisotopic (exact) mass is 420 g/mol. The Morgan fingerprint density at radius 1 is 0.968 bits per heavy atom. The third kappa shape index (κ3) is 6.71. The first-order chi connectivity index (χ1) is 14.9. The second-order valence-corrected chi connectivity index (χ2v) is 6.79. The van der Waals surface area contributed by atoms with Crippen LogP contribution in [-0.4, -0.2) is 19.0 Å². The van der Waals surface area contributed by atoms with Gasteiger partial charge in [-0.3, -0.25) is 0 Å². The number of methoxy groups -OCH3 is 1. The van der Waals surface area contributed by atoms with Crippen LogP contribution in [0.1, 0.15) is 43.1 Å². The van der Waals surface area contributed by atoms with E-state index in [-0.39, 0.29) is 17.2 Å². The molecule has 2 rings (SSSR count). The van der Waals surface area contributed by atoms with Crippen LogP contribution >= 0.6 is 0 Å². The molecule has 0 aliphatic rings. The Hall–Kier alpha value is -3.60. The molecule has 0 saturated carbocycles. The van der Waals surface area contributed by atoms with Gasteiger partial charge in [0.15, 0.2) is 11.5 Å². The fourth-order valence-corrected chi connectivity index (χ4v) is 2.65. The van der Waals surface area contributed by atoms with Gasteiger partial charge >= 0.3 is 11.9 Å². The Labute approximate surface area is 183 Å². The van der Waals surface area contributed by atoms with Crippen molar-refractivity contribution in [3.8, 4) is 17.2 Å². The average molecular weight is 421 g/mol. The number of hydrogen-bond acceptors (Lipinski definition) is 5. The second-order valence-electron chi connectivity index (χ2n) is 6.79. The van der Waals surface area contributed by atoms with Gasteiger partial charge < -0.3 is 14.2 Å². The SMILES string of the molecule is C=C/C(=C\C=C(/C)C(=O)Oc1ccc(OC(=O)c2ccc(CC)cc2)c(OC)c1)CC. The van der Waals surface area contributed by atoms with Crippen LogP contribution in [0.15, 0.2) is 78.4 Å². The number of carbonyl (C=O) groups excluding carboxylic acids is 2. The summed E-state index contributed by atoms with van der Waals surface area (Å²) < 4.78 is 16.2. The molecule has 31 heavy (non-hydrogen) atoms. The molecule has 0 N–H and O–H groups in total. The molecule has 0 spiro atoms. The van der Waals surface area contributed by atoms with Gasteiger partial charge in [-0.1, -0.05) is 50.8 Å². The first-order valence-electron chi connectivity index (χ1n) is 10.1. The highest BCUT2D eigenvalue weighted by Gasteiger charge is 2.15. The van der Waals surface area contributed by atoms with Crippen LogP contribution in [0.5, 0.6) is 17.2 Å². The molecular weight excluding hydrogens is 392 g/mol. The Morgan fingerprint density at radius 2 is 1.68 bits per heavy atom. The largest absolute Gasteiger partial charge is 0.493 e. The number of carbonyl (C=O) groups is 2. The minimum atomic E-state index is -0.495. The Kier molecular flexibility index (Phi) is 8.82. The van der Waals surface area contributed by atoms with Crippen molar-refractivity contribution >= 4 is 11.9 Å². The summed E-state index contributed by atoms with van der Waals surface area (Å²) in [5.74, 6) is -0.181. The van der Waals surface area contributed by atoms with Crippen molar-refractivity contribution in [1.29, 1.82) is 0 Å². The number of aryl methyl sites for hydroxylation is 1. The van der Waals surface area contributed by atoms with Gasteiger partial charge in [-0.2, -0.15) is 0 Å². The standard InChI is InChI=1S/C26H28O5/c1-6-19(7-2)10-9-18(4)25(27)30-22-15-16-23(24(17-22)29-5)31-26(28)21-13-11-20(8-3)12-14-21/h6,9-17H,1,7-8H2,2-5H3/b18-9+,19-10+. The normalized spacial score (nSPS) is 11.6. The molecule has 2 aromatic carbocycles. The topological polar surface area (TPSA) is 61.8 Å². The summed E-state index contributed by atoms with van der Waals surface area (Å²) in [6.45, 7) is 9.46. The van der Waals surface area contributed by atoms with Crippen LogP contribution in [0.4, 0.5) is 0 Å². The lowest BCUT2D eigenvalue weighted by molar-refractivity contribution is -0.130. The molecule has 5 nitrogen and oxygen atoms in total. The molecule has 162 valence electrons. The highest BCUT2D eigenvalue weighted by molar-refractivity contribution is 5.92. The summed E-state index contributed by atoms with van der Waals surface area (Å²) in [5, 5.41) is 0. The molecule has 0 heterocycles. The molecule has 0 aliphatic heterocycles. The van der Waals surface area contributed by atoms with Crippen molar-refractivity contribution in [2.75, 3.05) is 7.11 Å². The quantitative estimate of drug-likeness (QED) is 0.220. The Bertz CT molecular complexity index is 997. The molecule has 0 unspecified atom stereocenters. The lowest BCUT2D eigenvalue weighted by Gasteiger charge is -2.11. The predicted molar refractivity (Wildman–Crippen MR) is 122 cm³/mol. The molecule has 2 aromatic rings. The van der Waals surface area contributed by atoms with E-state index in [0.29, 0.717) is 11.1 Å². The highest BCUT2D eigenvalue weighted by Crippen LogP contribution is 2.32. The lowest BCUT2D eigenvalue weighted by Crippen LogP contribution is -2.11. The first-order valence-corrected chi connectivity index (χ1v) is 10.1. The number of esters is 2. The summed E-state index contributed by atoms with van der Waals surface area (Å²) >= 11 is 0. The minimum absolute atomic E-state index is 0.237. The number of ether oxygens (including phenoxy) is 3. The van der Waals surface area contributed by atoms with Crippen LogP contribution in [0.25, 0.3) is 0 Å². The van der Waals surface area contributed by atoms with Crippen LogP contribution in [0, 0.1) is 0 Å². The van der Waals surface area contributed by atoms with Crippen molar-refractivity contribution in [2.24, 2.45) is 0 Å².